The lowest BCUT2D eigenvalue weighted by Gasteiger charge is -2.44. The summed E-state index contributed by atoms with van der Waals surface area (Å²) in [5.41, 5.74) is -0.293. The van der Waals surface area contributed by atoms with Crippen molar-refractivity contribution in [2.75, 3.05) is 19.7 Å². The Hall–Kier alpha value is -2.91. The van der Waals surface area contributed by atoms with Gasteiger partial charge in [0, 0.05) is 24.7 Å². The van der Waals surface area contributed by atoms with Crippen LogP contribution in [0.5, 0.6) is 0 Å². The van der Waals surface area contributed by atoms with Crippen molar-refractivity contribution in [3.8, 4) is 6.07 Å². The minimum atomic E-state index is -1.77. The van der Waals surface area contributed by atoms with Crippen LogP contribution in [0.1, 0.15) is 58.9 Å². The van der Waals surface area contributed by atoms with Crippen LogP contribution in [0.3, 0.4) is 0 Å². The summed E-state index contributed by atoms with van der Waals surface area (Å²) in [6.07, 6.45) is 4.22. The summed E-state index contributed by atoms with van der Waals surface area (Å²) < 4.78 is 11.4. The molecule has 40 heavy (non-hydrogen) atoms. The van der Waals surface area contributed by atoms with Crippen LogP contribution in [-0.4, -0.2) is 93.9 Å². The summed E-state index contributed by atoms with van der Waals surface area (Å²) in [6, 6.07) is 11.3. The normalized spacial score (nSPS) is 27.7. The molecule has 216 valence electrons. The molecule has 3 atom stereocenters. The molecule has 2 bridgehead atoms. The van der Waals surface area contributed by atoms with Crippen molar-refractivity contribution < 1.29 is 29.1 Å². The highest BCUT2D eigenvalue weighted by Gasteiger charge is 2.55. The first-order valence-electron chi connectivity index (χ1n) is 14.1. The molecule has 3 heterocycles. The Morgan fingerprint density at radius 2 is 1.85 bits per heavy atom. The minimum Gasteiger partial charge on any atom is -0.447 e. The van der Waals surface area contributed by atoms with Crippen molar-refractivity contribution in [3.05, 3.63) is 47.5 Å². The first-order valence-corrected chi connectivity index (χ1v) is 14.1. The van der Waals surface area contributed by atoms with E-state index in [2.05, 4.69) is 16.3 Å². The molecule has 1 aromatic carbocycles. The second-order valence-electron chi connectivity index (χ2n) is 12.0. The van der Waals surface area contributed by atoms with E-state index in [1.54, 1.807) is 11.0 Å². The maximum absolute atomic E-state index is 13.8. The van der Waals surface area contributed by atoms with Crippen molar-refractivity contribution in [3.63, 3.8) is 0 Å². The van der Waals surface area contributed by atoms with Gasteiger partial charge in [0.15, 0.2) is 0 Å². The van der Waals surface area contributed by atoms with Gasteiger partial charge in [-0.1, -0.05) is 30.3 Å². The number of fused-ring (bicyclic) bond motifs is 2. The van der Waals surface area contributed by atoms with Gasteiger partial charge in [0.2, 0.25) is 0 Å². The van der Waals surface area contributed by atoms with Gasteiger partial charge >= 0.3 is 13.2 Å². The van der Waals surface area contributed by atoms with Crippen LogP contribution in [0.2, 0.25) is 0 Å². The molecule has 3 fully saturated rings. The predicted octanol–water partition coefficient (Wildman–Crippen LogP) is 2.20. The van der Waals surface area contributed by atoms with Crippen LogP contribution < -0.4 is 5.32 Å². The molecular weight excluding hydrogens is 511 g/mol. The molecule has 3 N–H and O–H groups in total. The number of alkyl carbamates (subject to hydrolysis) is 1. The summed E-state index contributed by atoms with van der Waals surface area (Å²) in [6.45, 7) is 9.43. The highest BCUT2D eigenvalue weighted by Crippen LogP contribution is 2.47. The number of hydrogen-bond acceptors (Lipinski definition) is 8. The Kier molecular flexibility index (Phi) is 9.25. The smallest absolute Gasteiger partial charge is 0.447 e. The molecule has 0 saturated carbocycles. The number of amides is 2. The fraction of sp³-hybridized carbons (Fsp3) is 0.621. The first-order chi connectivity index (χ1) is 18.9. The van der Waals surface area contributed by atoms with Gasteiger partial charge in [0.25, 0.3) is 5.91 Å². The molecule has 0 aliphatic carbocycles. The molecule has 2 amide bonds. The molecule has 11 heteroatoms. The molecule has 4 rings (SSSR count). The molecule has 0 aromatic heterocycles. The number of benzene rings is 1. The summed E-state index contributed by atoms with van der Waals surface area (Å²) in [4.78, 5) is 30.5. The van der Waals surface area contributed by atoms with Crippen LogP contribution in [0, 0.1) is 11.3 Å². The van der Waals surface area contributed by atoms with E-state index in [1.807, 2.05) is 58.0 Å². The number of carbonyl (C=O) groups excluding carboxylic acids is 2. The SMILES string of the molecule is C[C@@H]1CN(C(C)(C)/C=C(\C#N)C(=O)N2C3CCC2(COC(=O)N[C@@H](Cc2ccccc2)B(O)O)CC3)C[C@@H](C)O1. The van der Waals surface area contributed by atoms with E-state index >= 15 is 0 Å². The Bertz CT molecular complexity index is 1120. The van der Waals surface area contributed by atoms with E-state index in [1.165, 1.54) is 0 Å². The third-order valence-electron chi connectivity index (χ3n) is 8.50. The number of hydrogen-bond donors (Lipinski definition) is 3. The van der Waals surface area contributed by atoms with E-state index < -0.39 is 30.2 Å². The second kappa shape index (κ2) is 12.3. The Morgan fingerprint density at radius 1 is 1.23 bits per heavy atom. The van der Waals surface area contributed by atoms with Gasteiger partial charge in [-0.3, -0.25) is 9.69 Å². The molecule has 3 aliphatic heterocycles. The zero-order valence-corrected chi connectivity index (χ0v) is 23.9. The number of nitrogens with zero attached hydrogens (tertiary/aromatic N) is 3. The average Bonchev–Trinajstić information content (AvgIpc) is 3.45. The fourth-order valence-electron chi connectivity index (χ4n) is 6.48. The number of nitriles is 1. The van der Waals surface area contributed by atoms with Crippen LogP contribution in [0.25, 0.3) is 0 Å². The zero-order valence-electron chi connectivity index (χ0n) is 23.9. The maximum atomic E-state index is 13.8. The van der Waals surface area contributed by atoms with Gasteiger partial charge < -0.3 is 29.7 Å². The van der Waals surface area contributed by atoms with Crippen molar-refractivity contribution in [2.45, 2.75) is 95.1 Å². The predicted molar refractivity (Wildman–Crippen MR) is 150 cm³/mol. The third kappa shape index (κ3) is 6.69. The molecule has 0 radical (unpaired) electrons. The van der Waals surface area contributed by atoms with Gasteiger partial charge in [0.1, 0.15) is 18.2 Å². The molecule has 1 aromatic rings. The van der Waals surface area contributed by atoms with Gasteiger partial charge in [-0.25, -0.2) is 4.79 Å². The first kappa shape index (κ1) is 30.1. The minimum absolute atomic E-state index is 0.00690. The van der Waals surface area contributed by atoms with Crippen LogP contribution in [0.15, 0.2) is 42.0 Å². The maximum Gasteiger partial charge on any atom is 0.475 e. The van der Waals surface area contributed by atoms with Crippen LogP contribution >= 0.6 is 0 Å². The Balaban J connectivity index is 1.43. The van der Waals surface area contributed by atoms with Gasteiger partial charge in [-0.05, 0) is 71.4 Å². The standard InChI is InChI=1S/C29H41BN4O6/c1-20-17-33(18-21(2)40-20)28(3,4)15-23(16-31)26(35)34-24-10-12-29(34,13-11-24)19-39-27(36)32-25(30(37)38)14-22-8-6-5-7-9-22/h5-9,15,20-21,24-25,37-38H,10-14,17-19H2,1-4H3,(H,32,36)/b23-15+/t20-,21-,24?,25+,29?/m1/s1. The van der Waals surface area contributed by atoms with Crippen LogP contribution in [-0.2, 0) is 20.7 Å². The summed E-state index contributed by atoms with van der Waals surface area (Å²) in [7, 11) is -1.77. The van der Waals surface area contributed by atoms with Crippen molar-refractivity contribution >= 4 is 19.1 Å². The largest absolute Gasteiger partial charge is 0.475 e. The van der Waals surface area contributed by atoms with Gasteiger partial charge in [-0.15, -0.1) is 0 Å². The van der Waals surface area contributed by atoms with Gasteiger partial charge in [0.05, 0.1) is 23.7 Å². The Morgan fingerprint density at radius 3 is 2.42 bits per heavy atom. The monoisotopic (exact) mass is 552 g/mol. The van der Waals surface area contributed by atoms with E-state index in [4.69, 9.17) is 9.47 Å². The zero-order chi connectivity index (χ0) is 29.1. The molecular formula is C29H41BN4O6. The number of ether oxygens (including phenoxy) is 2. The molecule has 3 aliphatic rings. The molecule has 0 spiro atoms. The van der Waals surface area contributed by atoms with Crippen molar-refractivity contribution in [1.82, 2.24) is 15.1 Å². The second-order valence-corrected chi connectivity index (χ2v) is 12.0. The van der Waals surface area contributed by atoms with Crippen LogP contribution in [0.4, 0.5) is 4.79 Å². The fourth-order valence-corrected chi connectivity index (χ4v) is 6.48. The average molecular weight is 552 g/mol. The molecule has 3 saturated heterocycles. The quantitative estimate of drug-likeness (QED) is 0.241. The highest BCUT2D eigenvalue weighted by molar-refractivity contribution is 6.43. The van der Waals surface area contributed by atoms with E-state index in [9.17, 15) is 24.9 Å². The Labute approximate surface area is 237 Å². The summed E-state index contributed by atoms with van der Waals surface area (Å²) in [5.74, 6) is -1.28. The molecule has 10 nitrogen and oxygen atoms in total. The number of nitrogens with one attached hydrogen (secondary N) is 1. The topological polar surface area (TPSA) is 135 Å². The molecule has 0 unspecified atom stereocenters. The summed E-state index contributed by atoms with van der Waals surface area (Å²) >= 11 is 0. The highest BCUT2D eigenvalue weighted by atomic mass is 16.6. The number of carbonyl (C=O) groups is 2. The summed E-state index contributed by atoms with van der Waals surface area (Å²) in [5, 5.41) is 32.2. The lowest BCUT2D eigenvalue weighted by Crippen LogP contribution is -2.54. The number of morpholine rings is 1. The van der Waals surface area contributed by atoms with E-state index in [0.29, 0.717) is 25.9 Å². The van der Waals surface area contributed by atoms with Crippen molar-refractivity contribution in [2.24, 2.45) is 0 Å². The van der Waals surface area contributed by atoms with E-state index in [-0.39, 0.29) is 42.8 Å². The number of rotatable bonds is 9. The van der Waals surface area contributed by atoms with E-state index in [0.717, 1.165) is 18.4 Å². The third-order valence-corrected chi connectivity index (χ3v) is 8.50. The lowest BCUT2D eigenvalue weighted by molar-refractivity contribution is -0.132. The lowest BCUT2D eigenvalue weighted by atomic mass is 9.76. The van der Waals surface area contributed by atoms with Gasteiger partial charge in [-0.2, -0.15) is 5.26 Å². The van der Waals surface area contributed by atoms with Crippen molar-refractivity contribution in [1.29, 1.82) is 5.26 Å².